The second kappa shape index (κ2) is 11.5. The van der Waals surface area contributed by atoms with Crippen LogP contribution in [0, 0.1) is 5.82 Å². The van der Waals surface area contributed by atoms with Gasteiger partial charge in [-0.05, 0) is 35.4 Å². The summed E-state index contributed by atoms with van der Waals surface area (Å²) in [4.78, 5) is 4.17. The Hall–Kier alpha value is -2.23. The molecule has 0 aliphatic carbocycles. The smallest absolute Gasteiger partial charge is 0.203 e. The summed E-state index contributed by atoms with van der Waals surface area (Å²) in [6.07, 6.45) is 0. The van der Waals surface area contributed by atoms with Crippen molar-refractivity contribution in [1.29, 1.82) is 0 Å². The van der Waals surface area contributed by atoms with Crippen LogP contribution in [0.1, 0.15) is 11.1 Å². The van der Waals surface area contributed by atoms with E-state index in [2.05, 4.69) is 15.6 Å². The standard InChI is InChI=1S/C19H24FN3O3.HI/c1-21-19(22-11-13-6-5-7-15(20)8-13)23-12-14-9-16(24-2)18(26-4)17(10-14)25-3;/h5-10H,11-12H2,1-4H3,(H2,21,22,23);1H. The fourth-order valence-electron chi connectivity index (χ4n) is 2.48. The molecule has 148 valence electrons. The maximum atomic E-state index is 13.2. The van der Waals surface area contributed by atoms with Crippen LogP contribution in [0.4, 0.5) is 4.39 Å². The Bertz CT molecular complexity index is 747. The van der Waals surface area contributed by atoms with Crippen LogP contribution in [-0.2, 0) is 13.1 Å². The van der Waals surface area contributed by atoms with Crippen molar-refractivity contribution < 1.29 is 18.6 Å². The van der Waals surface area contributed by atoms with Gasteiger partial charge in [-0.2, -0.15) is 0 Å². The van der Waals surface area contributed by atoms with Crippen LogP contribution in [-0.4, -0.2) is 34.3 Å². The summed E-state index contributed by atoms with van der Waals surface area (Å²) in [6.45, 7) is 0.965. The SMILES string of the molecule is CN=C(NCc1cccc(F)c1)NCc1cc(OC)c(OC)c(OC)c1.I. The second-order valence-corrected chi connectivity index (χ2v) is 5.44. The molecule has 6 nitrogen and oxygen atoms in total. The van der Waals surface area contributed by atoms with E-state index in [4.69, 9.17) is 14.2 Å². The highest BCUT2D eigenvalue weighted by atomic mass is 127. The molecule has 0 unspecified atom stereocenters. The number of guanidine groups is 1. The van der Waals surface area contributed by atoms with E-state index >= 15 is 0 Å². The summed E-state index contributed by atoms with van der Waals surface area (Å²) in [5.41, 5.74) is 1.77. The van der Waals surface area contributed by atoms with Crippen LogP contribution in [0.2, 0.25) is 0 Å². The lowest BCUT2D eigenvalue weighted by Crippen LogP contribution is -2.36. The summed E-state index contributed by atoms with van der Waals surface area (Å²) < 4.78 is 29.3. The molecule has 2 aromatic carbocycles. The number of benzene rings is 2. The van der Waals surface area contributed by atoms with Crippen LogP contribution in [0.3, 0.4) is 0 Å². The summed E-state index contributed by atoms with van der Waals surface area (Å²) in [7, 11) is 6.40. The number of nitrogens with one attached hydrogen (secondary N) is 2. The number of methoxy groups -OCH3 is 3. The molecule has 0 saturated carbocycles. The van der Waals surface area contributed by atoms with Crippen molar-refractivity contribution in [3.05, 3.63) is 53.3 Å². The molecular weight excluding hydrogens is 464 g/mol. The number of halogens is 2. The predicted molar refractivity (Wildman–Crippen MR) is 115 cm³/mol. The third kappa shape index (κ3) is 6.46. The molecule has 8 heteroatoms. The van der Waals surface area contributed by atoms with Crippen molar-refractivity contribution in [3.63, 3.8) is 0 Å². The van der Waals surface area contributed by atoms with Crippen LogP contribution >= 0.6 is 24.0 Å². The van der Waals surface area contributed by atoms with Gasteiger partial charge in [0.05, 0.1) is 21.3 Å². The molecule has 0 atom stereocenters. The Labute approximate surface area is 176 Å². The van der Waals surface area contributed by atoms with Crippen molar-refractivity contribution >= 4 is 29.9 Å². The number of aliphatic imine (C=N–C) groups is 1. The third-order valence-electron chi connectivity index (χ3n) is 3.76. The van der Waals surface area contributed by atoms with Gasteiger partial charge in [-0.3, -0.25) is 4.99 Å². The van der Waals surface area contributed by atoms with Gasteiger partial charge in [0.15, 0.2) is 17.5 Å². The minimum Gasteiger partial charge on any atom is -0.493 e. The van der Waals surface area contributed by atoms with E-state index in [-0.39, 0.29) is 29.8 Å². The first-order valence-electron chi connectivity index (χ1n) is 8.09. The molecule has 2 rings (SSSR count). The highest BCUT2D eigenvalue weighted by Crippen LogP contribution is 2.38. The van der Waals surface area contributed by atoms with E-state index in [9.17, 15) is 4.39 Å². The Morgan fingerprint density at radius 3 is 2.00 bits per heavy atom. The quantitative estimate of drug-likeness (QED) is 0.355. The topological polar surface area (TPSA) is 64.1 Å². The molecule has 0 amide bonds. The van der Waals surface area contributed by atoms with Gasteiger partial charge in [0.2, 0.25) is 5.75 Å². The zero-order valence-corrected chi connectivity index (χ0v) is 18.2. The molecule has 0 spiro atoms. The highest BCUT2D eigenvalue weighted by Gasteiger charge is 2.13. The van der Waals surface area contributed by atoms with Crippen molar-refractivity contribution in [2.45, 2.75) is 13.1 Å². The van der Waals surface area contributed by atoms with Gasteiger partial charge in [0.25, 0.3) is 0 Å². The first-order valence-corrected chi connectivity index (χ1v) is 8.09. The van der Waals surface area contributed by atoms with Gasteiger partial charge in [-0.1, -0.05) is 12.1 Å². The van der Waals surface area contributed by atoms with Gasteiger partial charge in [-0.25, -0.2) is 4.39 Å². The van der Waals surface area contributed by atoms with Crippen molar-refractivity contribution in [1.82, 2.24) is 10.6 Å². The molecule has 2 aromatic rings. The monoisotopic (exact) mass is 489 g/mol. The predicted octanol–water partition coefficient (Wildman–Crippen LogP) is 3.33. The second-order valence-electron chi connectivity index (χ2n) is 5.44. The van der Waals surface area contributed by atoms with Crippen molar-refractivity contribution in [2.75, 3.05) is 28.4 Å². The maximum Gasteiger partial charge on any atom is 0.203 e. The molecule has 0 heterocycles. The summed E-state index contributed by atoms with van der Waals surface area (Å²) >= 11 is 0. The fourth-order valence-corrected chi connectivity index (χ4v) is 2.48. The van der Waals surface area contributed by atoms with Crippen LogP contribution in [0.5, 0.6) is 17.2 Å². The van der Waals surface area contributed by atoms with E-state index < -0.39 is 0 Å². The molecular formula is C19H25FIN3O3. The molecule has 0 bridgehead atoms. The summed E-state index contributed by atoms with van der Waals surface area (Å²) in [6, 6.07) is 10.2. The minimum atomic E-state index is -0.260. The van der Waals surface area contributed by atoms with Gasteiger partial charge in [-0.15, -0.1) is 24.0 Å². The molecule has 27 heavy (non-hydrogen) atoms. The number of rotatable bonds is 7. The van der Waals surface area contributed by atoms with E-state index in [1.54, 1.807) is 34.4 Å². The molecule has 0 aromatic heterocycles. The lowest BCUT2D eigenvalue weighted by Gasteiger charge is -2.16. The normalized spacial score (nSPS) is 10.6. The van der Waals surface area contributed by atoms with E-state index in [1.165, 1.54) is 12.1 Å². The first kappa shape index (κ1) is 22.8. The number of ether oxygens (including phenoxy) is 3. The first-order chi connectivity index (χ1) is 12.6. The van der Waals surface area contributed by atoms with Gasteiger partial charge >= 0.3 is 0 Å². The molecule has 2 N–H and O–H groups in total. The van der Waals surface area contributed by atoms with Gasteiger partial charge in [0, 0.05) is 20.1 Å². The van der Waals surface area contributed by atoms with Crippen LogP contribution in [0.25, 0.3) is 0 Å². The Morgan fingerprint density at radius 1 is 0.926 bits per heavy atom. The fraction of sp³-hybridized carbons (Fsp3) is 0.316. The zero-order valence-electron chi connectivity index (χ0n) is 15.8. The summed E-state index contributed by atoms with van der Waals surface area (Å²) in [5.74, 6) is 2.07. The van der Waals surface area contributed by atoms with Gasteiger partial charge < -0.3 is 24.8 Å². The maximum absolute atomic E-state index is 13.2. The zero-order chi connectivity index (χ0) is 18.9. The van der Waals surface area contributed by atoms with Crippen molar-refractivity contribution in [2.24, 2.45) is 4.99 Å². The molecule has 0 aliphatic rings. The number of hydrogen-bond donors (Lipinski definition) is 2. The van der Waals surface area contributed by atoms with Crippen LogP contribution < -0.4 is 24.8 Å². The summed E-state index contributed by atoms with van der Waals surface area (Å²) in [5, 5.41) is 6.35. The lowest BCUT2D eigenvalue weighted by molar-refractivity contribution is 0.323. The number of nitrogens with zero attached hydrogens (tertiary/aromatic N) is 1. The van der Waals surface area contributed by atoms with E-state index in [0.29, 0.717) is 36.3 Å². The van der Waals surface area contributed by atoms with E-state index in [1.807, 2.05) is 18.2 Å². The van der Waals surface area contributed by atoms with Gasteiger partial charge in [0.1, 0.15) is 5.82 Å². The average molecular weight is 489 g/mol. The molecule has 0 fully saturated rings. The molecule has 0 aliphatic heterocycles. The largest absolute Gasteiger partial charge is 0.493 e. The number of hydrogen-bond acceptors (Lipinski definition) is 4. The lowest BCUT2D eigenvalue weighted by atomic mass is 10.2. The Kier molecular flexibility index (Phi) is 9.70. The average Bonchev–Trinajstić information content (AvgIpc) is 2.67. The van der Waals surface area contributed by atoms with E-state index in [0.717, 1.165) is 11.1 Å². The minimum absolute atomic E-state index is 0. The third-order valence-corrected chi connectivity index (χ3v) is 3.76. The molecule has 0 radical (unpaired) electrons. The Balaban J connectivity index is 0.00000364. The highest BCUT2D eigenvalue weighted by molar-refractivity contribution is 14.0. The van der Waals surface area contributed by atoms with Crippen LogP contribution in [0.15, 0.2) is 41.4 Å². The Morgan fingerprint density at radius 2 is 1.52 bits per heavy atom. The molecule has 0 saturated heterocycles. The van der Waals surface area contributed by atoms with Crippen molar-refractivity contribution in [3.8, 4) is 17.2 Å².